The monoisotopic (exact) mass is 466 g/mol. The quantitative estimate of drug-likeness (QED) is 0.252. The lowest BCUT2D eigenvalue weighted by molar-refractivity contribution is 0.463. The maximum atomic E-state index is 10.5. The number of aromatic hydroxyl groups is 3. The largest absolute Gasteiger partial charge is 0.508 e. The molecule has 0 aliphatic rings. The summed E-state index contributed by atoms with van der Waals surface area (Å²) in [5.41, 5.74) is 6.69. The summed E-state index contributed by atoms with van der Waals surface area (Å²) >= 11 is 0. The lowest BCUT2D eigenvalue weighted by atomic mass is 9.69. The van der Waals surface area contributed by atoms with Gasteiger partial charge in [0.15, 0.2) is 0 Å². The number of benzene rings is 4. The Hall–Kier alpha value is -3.72. The average Bonchev–Trinajstić information content (AvgIpc) is 2.84. The standard InChI is InChI=1S/C32H34O3/c1-20(2)28-18-25(12-16-30(28)34)32(5,26-13-17-31(35)29(19-26)21(3)4)24-10-6-22(7-11-24)23-8-14-27(33)15-9-23/h6-21,33-35H,1-5H3. The van der Waals surface area contributed by atoms with Gasteiger partial charge in [-0.15, -0.1) is 0 Å². The molecule has 0 heterocycles. The van der Waals surface area contributed by atoms with Gasteiger partial charge in [0.25, 0.3) is 0 Å². The van der Waals surface area contributed by atoms with Gasteiger partial charge < -0.3 is 15.3 Å². The second kappa shape index (κ2) is 9.50. The summed E-state index contributed by atoms with van der Waals surface area (Å²) in [6.45, 7) is 10.5. The molecule has 4 aromatic rings. The maximum Gasteiger partial charge on any atom is 0.119 e. The van der Waals surface area contributed by atoms with E-state index in [1.807, 2.05) is 24.3 Å². The van der Waals surface area contributed by atoms with Gasteiger partial charge in [-0.25, -0.2) is 0 Å². The Morgan fingerprint density at radius 3 is 1.29 bits per heavy atom. The minimum Gasteiger partial charge on any atom is -0.508 e. The lowest BCUT2D eigenvalue weighted by Gasteiger charge is -2.33. The molecule has 4 rings (SSSR count). The molecule has 35 heavy (non-hydrogen) atoms. The van der Waals surface area contributed by atoms with Crippen LogP contribution in [0.2, 0.25) is 0 Å². The van der Waals surface area contributed by atoms with Crippen molar-refractivity contribution in [2.75, 3.05) is 0 Å². The average molecular weight is 467 g/mol. The van der Waals surface area contributed by atoms with Crippen molar-refractivity contribution >= 4 is 0 Å². The third-order valence-corrected chi connectivity index (χ3v) is 7.12. The van der Waals surface area contributed by atoms with Crippen LogP contribution in [0.5, 0.6) is 17.2 Å². The van der Waals surface area contributed by atoms with Crippen LogP contribution in [-0.4, -0.2) is 15.3 Å². The fraction of sp³-hybridized carbons (Fsp3) is 0.250. The van der Waals surface area contributed by atoms with Crippen molar-refractivity contribution in [1.82, 2.24) is 0 Å². The van der Waals surface area contributed by atoms with Crippen LogP contribution >= 0.6 is 0 Å². The van der Waals surface area contributed by atoms with Crippen molar-refractivity contribution in [2.24, 2.45) is 0 Å². The van der Waals surface area contributed by atoms with Crippen molar-refractivity contribution in [3.8, 4) is 28.4 Å². The van der Waals surface area contributed by atoms with Crippen LogP contribution in [0.1, 0.15) is 74.3 Å². The molecule has 0 saturated carbocycles. The van der Waals surface area contributed by atoms with E-state index in [0.29, 0.717) is 11.5 Å². The molecule has 3 N–H and O–H groups in total. The topological polar surface area (TPSA) is 60.7 Å². The Morgan fingerprint density at radius 2 is 0.886 bits per heavy atom. The van der Waals surface area contributed by atoms with Gasteiger partial charge in [-0.05, 0) is 82.0 Å². The molecule has 180 valence electrons. The predicted molar refractivity (Wildman–Crippen MR) is 143 cm³/mol. The summed E-state index contributed by atoms with van der Waals surface area (Å²) in [5.74, 6) is 1.23. The van der Waals surface area contributed by atoms with E-state index in [2.05, 4.69) is 71.0 Å². The Labute approximate surface area is 208 Å². The Bertz CT molecular complexity index is 1260. The first-order valence-electron chi connectivity index (χ1n) is 12.2. The van der Waals surface area contributed by atoms with Crippen molar-refractivity contribution in [3.05, 3.63) is 113 Å². The normalized spacial score (nSPS) is 11.9. The summed E-state index contributed by atoms with van der Waals surface area (Å²) in [6.07, 6.45) is 0. The van der Waals surface area contributed by atoms with Crippen molar-refractivity contribution in [3.63, 3.8) is 0 Å². The van der Waals surface area contributed by atoms with Crippen molar-refractivity contribution < 1.29 is 15.3 Å². The highest BCUT2D eigenvalue weighted by atomic mass is 16.3. The molecule has 4 aromatic carbocycles. The van der Waals surface area contributed by atoms with Crippen LogP contribution in [0.3, 0.4) is 0 Å². The molecule has 3 heteroatoms. The van der Waals surface area contributed by atoms with Crippen LogP contribution in [-0.2, 0) is 5.41 Å². The number of hydrogen-bond acceptors (Lipinski definition) is 3. The van der Waals surface area contributed by atoms with E-state index in [0.717, 1.165) is 38.9 Å². The van der Waals surface area contributed by atoms with Gasteiger partial charge in [-0.2, -0.15) is 0 Å². The summed E-state index contributed by atoms with van der Waals surface area (Å²) in [4.78, 5) is 0. The van der Waals surface area contributed by atoms with E-state index in [-0.39, 0.29) is 17.6 Å². The fourth-order valence-electron chi connectivity index (χ4n) is 4.81. The molecule has 0 spiro atoms. The van der Waals surface area contributed by atoms with Crippen LogP contribution in [0, 0.1) is 0 Å². The zero-order valence-corrected chi connectivity index (χ0v) is 21.1. The van der Waals surface area contributed by atoms with Crippen molar-refractivity contribution in [2.45, 2.75) is 51.9 Å². The molecular weight excluding hydrogens is 432 g/mol. The molecule has 3 nitrogen and oxygen atoms in total. The van der Waals surface area contributed by atoms with Crippen LogP contribution in [0.4, 0.5) is 0 Å². The zero-order valence-electron chi connectivity index (χ0n) is 21.1. The molecule has 0 aliphatic heterocycles. The highest BCUT2D eigenvalue weighted by molar-refractivity contribution is 5.66. The molecule has 0 atom stereocenters. The van der Waals surface area contributed by atoms with E-state index < -0.39 is 5.41 Å². The second-order valence-corrected chi connectivity index (χ2v) is 10.1. The summed E-state index contributed by atoms with van der Waals surface area (Å²) in [5, 5.41) is 30.6. The number of rotatable bonds is 6. The fourth-order valence-corrected chi connectivity index (χ4v) is 4.81. The Balaban J connectivity index is 1.91. The predicted octanol–water partition coefficient (Wildman–Crippen LogP) is 8.07. The minimum atomic E-state index is -0.512. The summed E-state index contributed by atoms with van der Waals surface area (Å²) in [6, 6.07) is 27.5. The number of phenols is 3. The number of hydrogen-bond donors (Lipinski definition) is 3. The van der Waals surface area contributed by atoms with Crippen molar-refractivity contribution in [1.29, 1.82) is 0 Å². The Kier molecular flexibility index (Phi) is 6.62. The molecular formula is C32H34O3. The first-order chi connectivity index (χ1) is 16.6. The third kappa shape index (κ3) is 4.64. The lowest BCUT2D eigenvalue weighted by Crippen LogP contribution is -2.26. The van der Waals surface area contributed by atoms with E-state index in [9.17, 15) is 15.3 Å². The van der Waals surface area contributed by atoms with E-state index in [1.165, 1.54) is 0 Å². The molecule has 0 amide bonds. The first kappa shape index (κ1) is 24.4. The first-order valence-corrected chi connectivity index (χ1v) is 12.2. The number of phenolic OH excluding ortho intramolecular Hbond substituents is 3. The van der Waals surface area contributed by atoms with Gasteiger partial charge in [-0.3, -0.25) is 0 Å². The highest BCUT2D eigenvalue weighted by Gasteiger charge is 2.33. The van der Waals surface area contributed by atoms with Gasteiger partial charge in [0, 0.05) is 5.41 Å². The molecule has 0 saturated heterocycles. The van der Waals surface area contributed by atoms with Crippen LogP contribution in [0.15, 0.2) is 84.9 Å². The smallest absolute Gasteiger partial charge is 0.119 e. The van der Waals surface area contributed by atoms with Crippen LogP contribution in [0.25, 0.3) is 11.1 Å². The maximum absolute atomic E-state index is 10.5. The van der Waals surface area contributed by atoms with Gasteiger partial charge in [0.2, 0.25) is 0 Å². The zero-order chi connectivity index (χ0) is 25.3. The molecule has 0 unspecified atom stereocenters. The highest BCUT2D eigenvalue weighted by Crippen LogP contribution is 2.43. The van der Waals surface area contributed by atoms with Gasteiger partial charge in [0.05, 0.1) is 0 Å². The molecule has 0 bridgehead atoms. The Morgan fingerprint density at radius 1 is 0.514 bits per heavy atom. The van der Waals surface area contributed by atoms with Crippen LogP contribution < -0.4 is 0 Å². The third-order valence-electron chi connectivity index (χ3n) is 7.12. The summed E-state index contributed by atoms with van der Waals surface area (Å²) in [7, 11) is 0. The van der Waals surface area contributed by atoms with Gasteiger partial charge in [-0.1, -0.05) is 88.4 Å². The van der Waals surface area contributed by atoms with Gasteiger partial charge >= 0.3 is 0 Å². The van der Waals surface area contributed by atoms with E-state index >= 15 is 0 Å². The van der Waals surface area contributed by atoms with Gasteiger partial charge in [0.1, 0.15) is 17.2 Å². The van der Waals surface area contributed by atoms with E-state index in [4.69, 9.17) is 0 Å². The molecule has 0 radical (unpaired) electrons. The SMILES string of the molecule is CC(C)c1cc(C(C)(c2ccc(-c3ccc(O)cc3)cc2)c2ccc(O)c(C(C)C)c2)ccc1O. The van der Waals surface area contributed by atoms with E-state index in [1.54, 1.807) is 24.3 Å². The molecule has 0 aromatic heterocycles. The minimum absolute atomic E-state index is 0.183. The summed E-state index contributed by atoms with van der Waals surface area (Å²) < 4.78 is 0. The second-order valence-electron chi connectivity index (χ2n) is 10.1. The molecule has 0 aliphatic carbocycles. The molecule has 0 fully saturated rings.